The Bertz CT molecular complexity index is 794. The Kier molecular flexibility index (Phi) is 4.58. The van der Waals surface area contributed by atoms with Crippen molar-refractivity contribution in [1.29, 1.82) is 5.26 Å². The third-order valence-corrected chi connectivity index (χ3v) is 4.47. The summed E-state index contributed by atoms with van der Waals surface area (Å²) in [6.45, 7) is 0. The molecule has 0 radical (unpaired) electrons. The summed E-state index contributed by atoms with van der Waals surface area (Å²) in [6, 6.07) is 12.4. The molecule has 0 unspecified atom stereocenters. The van der Waals surface area contributed by atoms with Gasteiger partial charge in [0.15, 0.2) is 4.91 Å². The third kappa shape index (κ3) is 3.60. The van der Waals surface area contributed by atoms with E-state index in [1.165, 1.54) is 24.3 Å². The molecular formula is C14H10ClN3O2S. The molecule has 0 atom stereocenters. The van der Waals surface area contributed by atoms with Gasteiger partial charge in [0.25, 0.3) is 0 Å². The molecule has 2 aromatic rings. The number of hydrogen-bond acceptors (Lipinski definition) is 5. The number of nitrogens with zero attached hydrogens (tertiary/aromatic N) is 2. The van der Waals surface area contributed by atoms with Crippen LogP contribution in [0.4, 0.5) is 5.82 Å². The number of aromatic nitrogens is 1. The molecule has 1 aromatic carbocycles. The maximum absolute atomic E-state index is 12.3. The Morgan fingerprint density at radius 3 is 2.52 bits per heavy atom. The van der Waals surface area contributed by atoms with Gasteiger partial charge in [-0.1, -0.05) is 17.7 Å². The Morgan fingerprint density at radius 1 is 1.24 bits per heavy atom. The lowest BCUT2D eigenvalue weighted by atomic mass is 10.4. The summed E-state index contributed by atoms with van der Waals surface area (Å²) < 4.78 is 24.6. The van der Waals surface area contributed by atoms with Crippen molar-refractivity contribution in [3.8, 4) is 6.07 Å². The maximum atomic E-state index is 12.3. The first kappa shape index (κ1) is 15.0. The molecule has 2 rings (SSSR count). The normalized spacial score (nSPS) is 11.7. The van der Waals surface area contributed by atoms with Gasteiger partial charge in [-0.25, -0.2) is 13.4 Å². The summed E-state index contributed by atoms with van der Waals surface area (Å²) in [5.41, 5.74) is 0. The standard InChI is InChI=1S/C14H10ClN3O2S/c15-11-4-6-12(7-5-11)21(19,20)13(9-16)10-18-14-3-1-2-8-17-14/h1-8,10H,(H,17,18)/b13-10+. The lowest BCUT2D eigenvalue weighted by molar-refractivity contribution is 0.603. The number of pyridine rings is 1. The van der Waals surface area contributed by atoms with E-state index >= 15 is 0 Å². The second-order valence-electron chi connectivity index (χ2n) is 3.94. The fourth-order valence-corrected chi connectivity index (χ4v) is 2.71. The number of halogens is 1. The van der Waals surface area contributed by atoms with Gasteiger partial charge in [0.2, 0.25) is 9.84 Å². The lowest BCUT2D eigenvalue weighted by Gasteiger charge is -2.04. The van der Waals surface area contributed by atoms with E-state index in [-0.39, 0.29) is 4.90 Å². The Labute approximate surface area is 127 Å². The van der Waals surface area contributed by atoms with Crippen molar-refractivity contribution in [2.24, 2.45) is 0 Å². The van der Waals surface area contributed by atoms with Crippen LogP contribution in [-0.2, 0) is 9.84 Å². The maximum Gasteiger partial charge on any atom is 0.218 e. The van der Waals surface area contributed by atoms with Gasteiger partial charge >= 0.3 is 0 Å². The average molecular weight is 320 g/mol. The minimum atomic E-state index is -3.89. The van der Waals surface area contributed by atoms with Gasteiger partial charge in [-0.15, -0.1) is 0 Å². The molecule has 1 aromatic heterocycles. The van der Waals surface area contributed by atoms with Crippen molar-refractivity contribution in [2.75, 3.05) is 5.32 Å². The van der Waals surface area contributed by atoms with E-state index in [0.717, 1.165) is 6.20 Å². The van der Waals surface area contributed by atoms with Gasteiger partial charge in [-0.3, -0.25) is 0 Å². The number of sulfone groups is 1. The molecule has 0 saturated heterocycles. The molecule has 7 heteroatoms. The molecule has 21 heavy (non-hydrogen) atoms. The number of nitrogens with one attached hydrogen (secondary N) is 1. The van der Waals surface area contributed by atoms with Crippen LogP contribution in [0.3, 0.4) is 0 Å². The second-order valence-corrected chi connectivity index (χ2v) is 6.29. The van der Waals surface area contributed by atoms with Crippen LogP contribution in [0.5, 0.6) is 0 Å². The molecule has 106 valence electrons. The van der Waals surface area contributed by atoms with Gasteiger partial charge in [0.1, 0.15) is 11.9 Å². The van der Waals surface area contributed by atoms with Crippen LogP contribution in [0, 0.1) is 11.3 Å². The smallest absolute Gasteiger partial charge is 0.218 e. The van der Waals surface area contributed by atoms with Crippen molar-refractivity contribution < 1.29 is 8.42 Å². The molecule has 0 fully saturated rings. The van der Waals surface area contributed by atoms with Gasteiger partial charge in [0, 0.05) is 17.4 Å². The topological polar surface area (TPSA) is 82.8 Å². The zero-order chi connectivity index (χ0) is 15.3. The third-order valence-electron chi connectivity index (χ3n) is 2.54. The van der Waals surface area contributed by atoms with E-state index in [9.17, 15) is 8.42 Å². The van der Waals surface area contributed by atoms with Crippen LogP contribution < -0.4 is 5.32 Å². The highest BCUT2D eigenvalue weighted by atomic mass is 35.5. The van der Waals surface area contributed by atoms with Crippen LogP contribution in [0.15, 0.2) is 64.7 Å². The van der Waals surface area contributed by atoms with Crippen molar-refractivity contribution in [3.05, 3.63) is 64.8 Å². The Balaban J connectivity index is 2.32. The molecule has 0 aliphatic carbocycles. The minimum absolute atomic E-state index is 0.00233. The number of rotatable bonds is 4. The molecule has 5 nitrogen and oxygen atoms in total. The first-order valence-corrected chi connectivity index (χ1v) is 7.68. The van der Waals surface area contributed by atoms with Crippen molar-refractivity contribution in [3.63, 3.8) is 0 Å². The van der Waals surface area contributed by atoms with Gasteiger partial charge < -0.3 is 5.32 Å². The van der Waals surface area contributed by atoms with E-state index in [4.69, 9.17) is 16.9 Å². The number of benzene rings is 1. The molecule has 1 heterocycles. The molecule has 0 amide bonds. The molecule has 0 aliphatic heterocycles. The van der Waals surface area contributed by atoms with Crippen molar-refractivity contribution in [1.82, 2.24) is 4.98 Å². The fraction of sp³-hybridized carbons (Fsp3) is 0. The van der Waals surface area contributed by atoms with Crippen molar-refractivity contribution in [2.45, 2.75) is 4.90 Å². The van der Waals surface area contributed by atoms with Gasteiger partial charge in [-0.05, 0) is 36.4 Å². The summed E-state index contributed by atoms with van der Waals surface area (Å²) in [5, 5.41) is 12.2. The number of hydrogen-bond donors (Lipinski definition) is 1. The average Bonchev–Trinajstić information content (AvgIpc) is 2.49. The first-order valence-electron chi connectivity index (χ1n) is 5.82. The quantitative estimate of drug-likeness (QED) is 0.876. The number of anilines is 1. The molecule has 0 saturated carbocycles. The van der Waals surface area contributed by atoms with Gasteiger partial charge in [-0.2, -0.15) is 5.26 Å². The minimum Gasteiger partial charge on any atom is -0.345 e. The highest BCUT2D eigenvalue weighted by Gasteiger charge is 2.20. The predicted molar refractivity (Wildman–Crippen MR) is 80.2 cm³/mol. The summed E-state index contributed by atoms with van der Waals surface area (Å²) >= 11 is 5.72. The zero-order valence-electron chi connectivity index (χ0n) is 10.7. The number of nitriles is 1. The number of allylic oxidation sites excluding steroid dienone is 1. The molecule has 0 bridgehead atoms. The zero-order valence-corrected chi connectivity index (χ0v) is 12.3. The van der Waals surface area contributed by atoms with Crippen LogP contribution >= 0.6 is 11.6 Å². The van der Waals surface area contributed by atoms with Crippen LogP contribution in [0.2, 0.25) is 5.02 Å². The molecule has 0 aliphatic rings. The van der Waals surface area contributed by atoms with E-state index in [1.54, 1.807) is 30.5 Å². The SMILES string of the molecule is N#C/C(=C\Nc1ccccn1)S(=O)(=O)c1ccc(Cl)cc1. The summed E-state index contributed by atoms with van der Waals surface area (Å²) in [5.74, 6) is 0.441. The Hall–Kier alpha value is -2.36. The Morgan fingerprint density at radius 2 is 1.95 bits per heavy atom. The summed E-state index contributed by atoms with van der Waals surface area (Å²) in [7, 11) is -3.89. The predicted octanol–water partition coefficient (Wildman–Crippen LogP) is 2.99. The van der Waals surface area contributed by atoms with Gasteiger partial charge in [0.05, 0.1) is 4.90 Å². The van der Waals surface area contributed by atoms with E-state index in [0.29, 0.717) is 10.8 Å². The first-order chi connectivity index (χ1) is 10.0. The highest BCUT2D eigenvalue weighted by Crippen LogP contribution is 2.21. The lowest BCUT2D eigenvalue weighted by Crippen LogP contribution is -2.05. The van der Waals surface area contributed by atoms with Crippen LogP contribution in [0.25, 0.3) is 0 Å². The monoisotopic (exact) mass is 319 g/mol. The fourth-order valence-electron chi connectivity index (χ4n) is 1.50. The van der Waals surface area contributed by atoms with Crippen LogP contribution in [0.1, 0.15) is 0 Å². The van der Waals surface area contributed by atoms with E-state index in [2.05, 4.69) is 10.3 Å². The molecule has 1 N–H and O–H groups in total. The summed E-state index contributed by atoms with van der Waals surface area (Å²) in [6.07, 6.45) is 2.67. The molecule has 0 spiro atoms. The molecular weight excluding hydrogens is 310 g/mol. The van der Waals surface area contributed by atoms with E-state index < -0.39 is 14.7 Å². The van der Waals surface area contributed by atoms with E-state index in [1.807, 2.05) is 0 Å². The van der Waals surface area contributed by atoms with Crippen molar-refractivity contribution >= 4 is 27.3 Å². The largest absolute Gasteiger partial charge is 0.345 e. The summed E-state index contributed by atoms with van der Waals surface area (Å²) in [4.78, 5) is 3.57. The highest BCUT2D eigenvalue weighted by molar-refractivity contribution is 7.95. The second kappa shape index (κ2) is 6.39. The van der Waals surface area contributed by atoms with Crippen LogP contribution in [-0.4, -0.2) is 13.4 Å².